The zero-order valence-electron chi connectivity index (χ0n) is 15.7. The van der Waals surface area contributed by atoms with Crippen molar-refractivity contribution < 1.29 is 19.7 Å². The lowest BCUT2D eigenvalue weighted by molar-refractivity contribution is -0.0598. The monoisotopic (exact) mass is 369 g/mol. The van der Waals surface area contributed by atoms with Gasteiger partial charge in [-0.05, 0) is 55.0 Å². The summed E-state index contributed by atoms with van der Waals surface area (Å²) < 4.78 is 5.27. The number of aliphatic hydroxyl groups excluding tert-OH is 1. The minimum Gasteiger partial charge on any atom is -0.497 e. The normalized spacial score (nSPS) is 19.7. The van der Waals surface area contributed by atoms with Crippen LogP contribution in [0.25, 0.3) is 0 Å². The van der Waals surface area contributed by atoms with Crippen molar-refractivity contribution in [1.82, 2.24) is 4.90 Å². The van der Waals surface area contributed by atoms with Gasteiger partial charge in [-0.2, -0.15) is 0 Å². The fourth-order valence-corrected chi connectivity index (χ4v) is 3.64. The second-order valence-electron chi connectivity index (χ2n) is 7.22. The van der Waals surface area contributed by atoms with Crippen LogP contribution < -0.4 is 4.74 Å². The summed E-state index contributed by atoms with van der Waals surface area (Å²) in [5, 5.41) is 19.8. The maximum atomic E-state index is 13.0. The standard InChI is InChI=1S/C22H27NO4/c1-27-19-8-4-6-17(14-19)10-11-18-7-2-3-9-20(18)21(25)23-13-5-12-22(26,15-23)16-24/h2-4,6-9,14,24,26H,5,10-13,15-16H2,1H3/t22-/m0/s1. The number of hydrogen-bond acceptors (Lipinski definition) is 4. The largest absolute Gasteiger partial charge is 0.497 e. The number of benzene rings is 2. The minimum absolute atomic E-state index is 0.0807. The van der Waals surface area contributed by atoms with Gasteiger partial charge in [0.2, 0.25) is 0 Å². The van der Waals surface area contributed by atoms with Crippen LogP contribution in [0.4, 0.5) is 0 Å². The molecule has 0 bridgehead atoms. The lowest BCUT2D eigenvalue weighted by atomic mass is 9.92. The highest BCUT2D eigenvalue weighted by atomic mass is 16.5. The van der Waals surface area contributed by atoms with Crippen molar-refractivity contribution in [3.8, 4) is 5.75 Å². The molecule has 0 unspecified atom stereocenters. The number of ether oxygens (including phenoxy) is 1. The molecule has 2 N–H and O–H groups in total. The van der Waals surface area contributed by atoms with E-state index < -0.39 is 5.60 Å². The summed E-state index contributed by atoms with van der Waals surface area (Å²) >= 11 is 0. The van der Waals surface area contributed by atoms with Gasteiger partial charge in [0.05, 0.1) is 20.3 Å². The van der Waals surface area contributed by atoms with E-state index in [4.69, 9.17) is 4.74 Å². The van der Waals surface area contributed by atoms with Crippen molar-refractivity contribution in [2.45, 2.75) is 31.3 Å². The van der Waals surface area contributed by atoms with E-state index in [0.29, 0.717) is 24.9 Å². The van der Waals surface area contributed by atoms with Crippen LogP contribution in [0.15, 0.2) is 48.5 Å². The predicted octanol–water partition coefficient (Wildman–Crippen LogP) is 2.44. The molecule has 5 nitrogen and oxygen atoms in total. The Morgan fingerprint density at radius 1 is 1.19 bits per heavy atom. The number of aryl methyl sites for hydroxylation is 2. The van der Waals surface area contributed by atoms with Crippen molar-refractivity contribution in [2.24, 2.45) is 0 Å². The Morgan fingerprint density at radius 2 is 2.00 bits per heavy atom. The van der Waals surface area contributed by atoms with Gasteiger partial charge in [0.25, 0.3) is 5.91 Å². The second-order valence-corrected chi connectivity index (χ2v) is 7.22. The van der Waals surface area contributed by atoms with Crippen molar-refractivity contribution >= 4 is 5.91 Å². The fraction of sp³-hybridized carbons (Fsp3) is 0.409. The zero-order valence-corrected chi connectivity index (χ0v) is 15.7. The average Bonchev–Trinajstić information content (AvgIpc) is 2.72. The lowest BCUT2D eigenvalue weighted by Crippen LogP contribution is -2.52. The summed E-state index contributed by atoms with van der Waals surface area (Å²) in [5.41, 5.74) is 1.62. The number of nitrogens with zero attached hydrogens (tertiary/aromatic N) is 1. The number of aliphatic hydroxyl groups is 2. The van der Waals surface area contributed by atoms with Crippen LogP contribution >= 0.6 is 0 Å². The molecule has 1 heterocycles. The fourth-order valence-electron chi connectivity index (χ4n) is 3.64. The van der Waals surface area contributed by atoms with Crippen LogP contribution in [0, 0.1) is 0 Å². The van der Waals surface area contributed by atoms with Crippen molar-refractivity contribution in [2.75, 3.05) is 26.8 Å². The van der Waals surface area contributed by atoms with E-state index in [2.05, 4.69) is 6.07 Å². The van der Waals surface area contributed by atoms with Gasteiger partial charge in [0.1, 0.15) is 11.4 Å². The molecule has 2 aromatic carbocycles. The van der Waals surface area contributed by atoms with Gasteiger partial charge in [0.15, 0.2) is 0 Å². The van der Waals surface area contributed by atoms with Crippen LogP contribution in [-0.2, 0) is 12.8 Å². The molecule has 1 atom stereocenters. The van der Waals surface area contributed by atoms with Gasteiger partial charge in [-0.25, -0.2) is 0 Å². The highest BCUT2D eigenvalue weighted by molar-refractivity contribution is 5.95. The number of hydrogen-bond donors (Lipinski definition) is 2. The number of piperidine rings is 1. The first-order valence-corrected chi connectivity index (χ1v) is 9.38. The Morgan fingerprint density at radius 3 is 2.78 bits per heavy atom. The molecule has 0 aromatic heterocycles. The quantitative estimate of drug-likeness (QED) is 0.821. The highest BCUT2D eigenvalue weighted by Gasteiger charge is 2.35. The molecule has 27 heavy (non-hydrogen) atoms. The van der Waals surface area contributed by atoms with Gasteiger partial charge in [-0.3, -0.25) is 4.79 Å². The maximum Gasteiger partial charge on any atom is 0.254 e. The van der Waals surface area contributed by atoms with E-state index in [-0.39, 0.29) is 19.1 Å². The molecule has 144 valence electrons. The second kappa shape index (κ2) is 8.55. The first-order valence-electron chi connectivity index (χ1n) is 9.38. The molecule has 1 amide bonds. The van der Waals surface area contributed by atoms with Gasteiger partial charge in [-0.15, -0.1) is 0 Å². The predicted molar refractivity (Wildman–Crippen MR) is 104 cm³/mol. The molecule has 1 saturated heterocycles. The Kier molecular flexibility index (Phi) is 6.14. The first-order chi connectivity index (χ1) is 13.0. The Bertz CT molecular complexity index is 791. The molecular weight excluding hydrogens is 342 g/mol. The van der Waals surface area contributed by atoms with Gasteiger partial charge >= 0.3 is 0 Å². The molecule has 0 aliphatic carbocycles. The van der Waals surface area contributed by atoms with Crippen LogP contribution in [0.1, 0.15) is 34.3 Å². The molecule has 1 aliphatic rings. The molecule has 1 aliphatic heterocycles. The summed E-state index contributed by atoms with van der Waals surface area (Å²) in [6, 6.07) is 15.6. The molecule has 0 saturated carbocycles. The van der Waals surface area contributed by atoms with Crippen molar-refractivity contribution in [1.29, 1.82) is 0 Å². The number of rotatable bonds is 6. The van der Waals surface area contributed by atoms with Crippen LogP contribution in [0.2, 0.25) is 0 Å². The number of carbonyl (C=O) groups is 1. The summed E-state index contributed by atoms with van der Waals surface area (Å²) in [4.78, 5) is 14.7. The Balaban J connectivity index is 1.74. The van der Waals surface area contributed by atoms with E-state index in [1.807, 2.05) is 42.5 Å². The van der Waals surface area contributed by atoms with Crippen LogP contribution in [0.3, 0.4) is 0 Å². The third-order valence-electron chi connectivity index (χ3n) is 5.20. The van der Waals surface area contributed by atoms with Crippen molar-refractivity contribution in [3.63, 3.8) is 0 Å². The van der Waals surface area contributed by atoms with Crippen molar-refractivity contribution in [3.05, 3.63) is 65.2 Å². The Labute approximate surface area is 160 Å². The maximum absolute atomic E-state index is 13.0. The lowest BCUT2D eigenvalue weighted by Gasteiger charge is -2.38. The van der Waals surface area contributed by atoms with E-state index in [1.165, 1.54) is 0 Å². The van der Waals surface area contributed by atoms with E-state index in [1.54, 1.807) is 12.0 Å². The summed E-state index contributed by atoms with van der Waals surface area (Å²) in [7, 11) is 1.65. The number of β-amino-alcohol motifs (C(OH)–C–C–N with tert-alkyl or cyclic N) is 1. The minimum atomic E-state index is -1.19. The smallest absolute Gasteiger partial charge is 0.254 e. The molecule has 5 heteroatoms. The van der Waals surface area contributed by atoms with Gasteiger partial charge in [-0.1, -0.05) is 30.3 Å². The molecule has 2 aromatic rings. The molecule has 0 spiro atoms. The number of methoxy groups -OCH3 is 1. The molecular formula is C22H27NO4. The topological polar surface area (TPSA) is 70.0 Å². The van der Waals surface area contributed by atoms with E-state index in [9.17, 15) is 15.0 Å². The van der Waals surface area contributed by atoms with Gasteiger partial charge < -0.3 is 19.8 Å². The summed E-state index contributed by atoms with van der Waals surface area (Å²) in [6.07, 6.45) is 2.76. The SMILES string of the molecule is COc1cccc(CCc2ccccc2C(=O)N2CCC[C@@](O)(CO)C2)c1. The van der Waals surface area contributed by atoms with E-state index in [0.717, 1.165) is 29.7 Å². The average molecular weight is 369 g/mol. The number of carbonyl (C=O) groups excluding carboxylic acids is 1. The third-order valence-corrected chi connectivity index (χ3v) is 5.20. The van der Waals surface area contributed by atoms with Crippen LogP contribution in [-0.4, -0.2) is 53.4 Å². The third kappa shape index (κ3) is 4.67. The first kappa shape index (κ1) is 19.4. The number of amides is 1. The summed E-state index contributed by atoms with van der Waals surface area (Å²) in [5.74, 6) is 0.747. The van der Waals surface area contributed by atoms with E-state index >= 15 is 0 Å². The molecule has 0 radical (unpaired) electrons. The molecule has 1 fully saturated rings. The Hall–Kier alpha value is -2.37. The zero-order chi connectivity index (χ0) is 19.3. The van der Waals surface area contributed by atoms with Gasteiger partial charge in [0, 0.05) is 12.1 Å². The van der Waals surface area contributed by atoms with Crippen LogP contribution in [0.5, 0.6) is 5.75 Å². The number of likely N-dealkylation sites (tertiary alicyclic amines) is 1. The molecule has 3 rings (SSSR count). The highest BCUT2D eigenvalue weighted by Crippen LogP contribution is 2.24. The summed E-state index contributed by atoms with van der Waals surface area (Å²) in [6.45, 7) is 0.451.